The molecule has 3 heteroatoms. The van der Waals surface area contributed by atoms with E-state index in [1.165, 1.54) is 22.9 Å². The largest absolute Gasteiger partial charge is 0.298 e. The number of rotatable bonds is 4. The van der Waals surface area contributed by atoms with Gasteiger partial charge in [-0.15, -0.1) is 11.3 Å². The molecule has 0 saturated heterocycles. The van der Waals surface area contributed by atoms with Crippen LogP contribution in [0.15, 0.2) is 29.6 Å². The number of nitrogens with one attached hydrogen (secondary N) is 1. The summed E-state index contributed by atoms with van der Waals surface area (Å²) < 4.78 is 1.26. The predicted octanol–water partition coefficient (Wildman–Crippen LogP) is 3.47. The van der Waals surface area contributed by atoms with Gasteiger partial charge in [0.25, 0.3) is 0 Å². The van der Waals surface area contributed by atoms with E-state index in [1.807, 2.05) is 12.1 Å². The molecule has 0 spiro atoms. The fraction of sp³-hybridized carbons (Fsp3) is 0.357. The second-order valence-corrected chi connectivity index (χ2v) is 5.51. The minimum absolute atomic E-state index is 0.160. The Bertz CT molecular complexity index is 563. The molecule has 1 aliphatic rings. The van der Waals surface area contributed by atoms with Crippen molar-refractivity contribution in [2.45, 2.75) is 18.9 Å². The molecule has 0 aliphatic heterocycles. The molecule has 17 heavy (non-hydrogen) atoms. The minimum Gasteiger partial charge on any atom is -0.298 e. The highest BCUT2D eigenvalue weighted by molar-refractivity contribution is 7.17. The summed E-state index contributed by atoms with van der Waals surface area (Å²) >= 11 is 1.72. The Hall–Kier alpha value is -1.37. The van der Waals surface area contributed by atoms with E-state index in [9.17, 15) is 5.26 Å². The van der Waals surface area contributed by atoms with Gasteiger partial charge in [0.05, 0.1) is 6.07 Å². The standard InChI is InChI=1S/C14H14N2S/c15-7-13(16-8-10-5-6-10)12-9-17-14-4-2-1-3-11(12)14/h1-4,9-10,13,16H,5-6,8H2. The van der Waals surface area contributed by atoms with Crippen molar-refractivity contribution in [3.63, 3.8) is 0 Å². The van der Waals surface area contributed by atoms with E-state index in [0.717, 1.165) is 18.0 Å². The predicted molar refractivity (Wildman–Crippen MR) is 70.9 cm³/mol. The topological polar surface area (TPSA) is 35.8 Å². The van der Waals surface area contributed by atoms with Crippen molar-refractivity contribution in [1.29, 1.82) is 5.26 Å². The number of hydrogen-bond donors (Lipinski definition) is 1. The summed E-state index contributed by atoms with van der Waals surface area (Å²) in [5, 5.41) is 16.0. The summed E-state index contributed by atoms with van der Waals surface area (Å²) in [5.74, 6) is 0.802. The lowest BCUT2D eigenvalue weighted by molar-refractivity contribution is 0.596. The maximum Gasteiger partial charge on any atom is 0.122 e. The molecular weight excluding hydrogens is 228 g/mol. The maximum absolute atomic E-state index is 9.28. The summed E-state index contributed by atoms with van der Waals surface area (Å²) in [6, 6.07) is 10.5. The maximum atomic E-state index is 9.28. The zero-order valence-electron chi connectivity index (χ0n) is 9.52. The van der Waals surface area contributed by atoms with Crippen molar-refractivity contribution in [2.24, 2.45) is 5.92 Å². The third-order valence-corrected chi connectivity index (χ3v) is 4.24. The van der Waals surface area contributed by atoms with Crippen molar-refractivity contribution in [1.82, 2.24) is 5.32 Å². The zero-order valence-corrected chi connectivity index (χ0v) is 10.3. The van der Waals surface area contributed by atoms with Crippen LogP contribution in [-0.4, -0.2) is 6.54 Å². The van der Waals surface area contributed by atoms with E-state index in [-0.39, 0.29) is 6.04 Å². The van der Waals surface area contributed by atoms with Gasteiger partial charge in [0.15, 0.2) is 0 Å². The van der Waals surface area contributed by atoms with Crippen molar-refractivity contribution in [2.75, 3.05) is 6.54 Å². The van der Waals surface area contributed by atoms with Crippen LogP contribution in [0.25, 0.3) is 10.1 Å². The fourth-order valence-electron chi connectivity index (χ4n) is 2.05. The quantitative estimate of drug-likeness (QED) is 0.891. The molecule has 0 bridgehead atoms. The lowest BCUT2D eigenvalue weighted by Gasteiger charge is -2.10. The first kappa shape index (κ1) is 10.8. The van der Waals surface area contributed by atoms with Gasteiger partial charge in [0.1, 0.15) is 6.04 Å². The first-order chi connectivity index (χ1) is 8.38. The van der Waals surface area contributed by atoms with Crippen LogP contribution >= 0.6 is 11.3 Å². The van der Waals surface area contributed by atoms with Gasteiger partial charge < -0.3 is 0 Å². The van der Waals surface area contributed by atoms with Crippen molar-refractivity contribution < 1.29 is 0 Å². The first-order valence-electron chi connectivity index (χ1n) is 5.97. The molecule has 0 radical (unpaired) electrons. The summed E-state index contributed by atoms with van der Waals surface area (Å²) in [6.07, 6.45) is 2.63. The Labute approximate surface area is 105 Å². The smallest absolute Gasteiger partial charge is 0.122 e. The second-order valence-electron chi connectivity index (χ2n) is 4.60. The third-order valence-electron chi connectivity index (χ3n) is 3.26. The lowest BCUT2D eigenvalue weighted by Crippen LogP contribution is -2.22. The molecule has 1 N–H and O–H groups in total. The van der Waals surface area contributed by atoms with Crippen LogP contribution in [0, 0.1) is 17.2 Å². The Morgan fingerprint density at radius 3 is 3.00 bits per heavy atom. The summed E-state index contributed by atoms with van der Waals surface area (Å²) in [5.41, 5.74) is 1.13. The molecule has 1 atom stereocenters. The lowest BCUT2D eigenvalue weighted by atomic mass is 10.1. The van der Waals surface area contributed by atoms with Crippen LogP contribution in [0.2, 0.25) is 0 Å². The SMILES string of the molecule is N#CC(NCC1CC1)c1csc2ccccc12. The number of nitriles is 1. The second kappa shape index (κ2) is 4.48. The molecule has 0 amide bonds. The van der Waals surface area contributed by atoms with Crippen LogP contribution in [-0.2, 0) is 0 Å². The average molecular weight is 242 g/mol. The number of benzene rings is 1. The van der Waals surface area contributed by atoms with Gasteiger partial charge >= 0.3 is 0 Å². The molecule has 86 valence electrons. The molecule has 1 aromatic carbocycles. The Balaban J connectivity index is 1.87. The van der Waals surface area contributed by atoms with E-state index >= 15 is 0 Å². The number of fused-ring (bicyclic) bond motifs is 1. The number of hydrogen-bond acceptors (Lipinski definition) is 3. The van der Waals surface area contributed by atoms with Gasteiger partial charge in [-0.1, -0.05) is 18.2 Å². The van der Waals surface area contributed by atoms with Crippen molar-refractivity contribution in [3.05, 3.63) is 35.2 Å². The Kier molecular flexibility index (Phi) is 2.84. The van der Waals surface area contributed by atoms with Gasteiger partial charge in [0, 0.05) is 10.3 Å². The van der Waals surface area contributed by atoms with Crippen molar-refractivity contribution in [3.8, 4) is 6.07 Å². The third kappa shape index (κ3) is 2.19. The Morgan fingerprint density at radius 2 is 2.24 bits per heavy atom. The van der Waals surface area contributed by atoms with Gasteiger partial charge in [-0.3, -0.25) is 5.32 Å². The van der Waals surface area contributed by atoms with Gasteiger partial charge in [-0.05, 0) is 42.1 Å². The monoisotopic (exact) mass is 242 g/mol. The van der Waals surface area contributed by atoms with E-state index in [2.05, 4.69) is 28.9 Å². The van der Waals surface area contributed by atoms with Crippen LogP contribution in [0.1, 0.15) is 24.4 Å². The molecular formula is C14H14N2S. The van der Waals surface area contributed by atoms with Crippen LogP contribution in [0.4, 0.5) is 0 Å². The van der Waals surface area contributed by atoms with E-state index in [0.29, 0.717) is 0 Å². The van der Waals surface area contributed by atoms with E-state index < -0.39 is 0 Å². The molecule has 1 saturated carbocycles. The van der Waals surface area contributed by atoms with Crippen LogP contribution in [0.5, 0.6) is 0 Å². The van der Waals surface area contributed by atoms with Gasteiger partial charge in [0.2, 0.25) is 0 Å². The van der Waals surface area contributed by atoms with Crippen molar-refractivity contribution >= 4 is 21.4 Å². The highest BCUT2D eigenvalue weighted by atomic mass is 32.1. The molecule has 1 aliphatic carbocycles. The molecule has 2 nitrogen and oxygen atoms in total. The summed E-state index contributed by atoms with van der Waals surface area (Å²) in [6.45, 7) is 0.975. The molecule has 3 rings (SSSR count). The normalized spacial score (nSPS) is 16.9. The number of nitrogens with zero attached hydrogens (tertiary/aromatic N) is 1. The Morgan fingerprint density at radius 1 is 1.41 bits per heavy atom. The molecule has 1 fully saturated rings. The zero-order chi connectivity index (χ0) is 11.7. The highest BCUT2D eigenvalue weighted by Gasteiger charge is 2.23. The van der Waals surface area contributed by atoms with Gasteiger partial charge in [-0.2, -0.15) is 5.26 Å². The van der Waals surface area contributed by atoms with Gasteiger partial charge in [-0.25, -0.2) is 0 Å². The molecule has 1 unspecified atom stereocenters. The van der Waals surface area contributed by atoms with E-state index in [4.69, 9.17) is 0 Å². The van der Waals surface area contributed by atoms with Crippen LogP contribution in [0.3, 0.4) is 0 Å². The summed E-state index contributed by atoms with van der Waals surface area (Å²) in [7, 11) is 0. The number of thiophene rings is 1. The molecule has 1 heterocycles. The fourth-order valence-corrected chi connectivity index (χ4v) is 3.04. The van der Waals surface area contributed by atoms with E-state index in [1.54, 1.807) is 11.3 Å². The minimum atomic E-state index is -0.160. The average Bonchev–Trinajstić information content (AvgIpc) is 3.10. The highest BCUT2D eigenvalue weighted by Crippen LogP contribution is 2.32. The first-order valence-corrected chi connectivity index (χ1v) is 6.85. The molecule has 1 aromatic heterocycles. The van der Waals surface area contributed by atoms with Crippen LogP contribution < -0.4 is 5.32 Å². The summed E-state index contributed by atoms with van der Waals surface area (Å²) in [4.78, 5) is 0. The molecule has 2 aromatic rings.